The summed E-state index contributed by atoms with van der Waals surface area (Å²) in [7, 11) is 0. The number of aromatic nitrogens is 2. The van der Waals surface area contributed by atoms with Crippen LogP contribution in [0.3, 0.4) is 0 Å². The van der Waals surface area contributed by atoms with Gasteiger partial charge in [0.15, 0.2) is 0 Å². The SMILES string of the molecule is CCOC(=O)c1nnsc1Nc1cccc(Cl)c1. The maximum Gasteiger partial charge on any atom is 0.362 e. The maximum atomic E-state index is 11.6. The zero-order chi connectivity index (χ0) is 13.0. The average molecular weight is 284 g/mol. The highest BCUT2D eigenvalue weighted by atomic mass is 35.5. The summed E-state index contributed by atoms with van der Waals surface area (Å²) >= 11 is 6.97. The Balaban J connectivity index is 2.20. The van der Waals surface area contributed by atoms with Gasteiger partial charge in [0.25, 0.3) is 0 Å². The lowest BCUT2D eigenvalue weighted by Gasteiger charge is -2.05. The van der Waals surface area contributed by atoms with Gasteiger partial charge in [-0.2, -0.15) is 0 Å². The largest absolute Gasteiger partial charge is 0.461 e. The molecule has 94 valence electrons. The van der Waals surface area contributed by atoms with Crippen LogP contribution in [0.2, 0.25) is 5.02 Å². The second-order valence-electron chi connectivity index (χ2n) is 3.31. The van der Waals surface area contributed by atoms with Crippen LogP contribution in [0.5, 0.6) is 0 Å². The van der Waals surface area contributed by atoms with E-state index in [1.54, 1.807) is 19.1 Å². The Morgan fingerprint density at radius 2 is 2.39 bits per heavy atom. The van der Waals surface area contributed by atoms with Crippen LogP contribution in [0.25, 0.3) is 0 Å². The number of nitrogens with zero attached hydrogens (tertiary/aromatic N) is 2. The lowest BCUT2D eigenvalue weighted by atomic mass is 10.3. The normalized spacial score (nSPS) is 10.1. The van der Waals surface area contributed by atoms with E-state index >= 15 is 0 Å². The molecule has 1 aromatic heterocycles. The van der Waals surface area contributed by atoms with Crippen molar-refractivity contribution < 1.29 is 9.53 Å². The fraction of sp³-hybridized carbons (Fsp3) is 0.182. The number of halogens is 1. The fourth-order valence-electron chi connectivity index (χ4n) is 1.30. The van der Waals surface area contributed by atoms with Crippen LogP contribution in [0.15, 0.2) is 24.3 Å². The first-order chi connectivity index (χ1) is 8.70. The van der Waals surface area contributed by atoms with Crippen molar-refractivity contribution in [3.8, 4) is 0 Å². The number of esters is 1. The molecule has 0 aliphatic carbocycles. The molecule has 0 unspecified atom stereocenters. The molecule has 1 N–H and O–H groups in total. The average Bonchev–Trinajstić information content (AvgIpc) is 2.77. The van der Waals surface area contributed by atoms with Crippen LogP contribution in [0.4, 0.5) is 10.7 Å². The first-order valence-corrected chi connectivity index (χ1v) is 6.38. The smallest absolute Gasteiger partial charge is 0.362 e. The van der Waals surface area contributed by atoms with Gasteiger partial charge in [-0.1, -0.05) is 22.2 Å². The van der Waals surface area contributed by atoms with Crippen molar-refractivity contribution in [2.75, 3.05) is 11.9 Å². The Hall–Kier alpha value is -1.66. The third kappa shape index (κ3) is 2.96. The van der Waals surface area contributed by atoms with Gasteiger partial charge in [-0.15, -0.1) is 5.10 Å². The van der Waals surface area contributed by atoms with E-state index in [2.05, 4.69) is 14.9 Å². The molecule has 0 saturated heterocycles. The molecule has 1 heterocycles. The van der Waals surface area contributed by atoms with Crippen molar-refractivity contribution in [1.82, 2.24) is 9.59 Å². The van der Waals surface area contributed by atoms with Crippen molar-refractivity contribution in [2.24, 2.45) is 0 Å². The third-order valence-corrected chi connectivity index (χ3v) is 2.92. The monoisotopic (exact) mass is 283 g/mol. The molecule has 0 amide bonds. The summed E-state index contributed by atoms with van der Waals surface area (Å²) in [6.07, 6.45) is 0. The van der Waals surface area contributed by atoms with Crippen molar-refractivity contribution in [1.29, 1.82) is 0 Å². The minimum Gasteiger partial charge on any atom is -0.461 e. The summed E-state index contributed by atoms with van der Waals surface area (Å²) in [5.74, 6) is -0.490. The number of hydrogen-bond acceptors (Lipinski definition) is 6. The van der Waals surface area contributed by atoms with E-state index in [0.29, 0.717) is 16.6 Å². The molecule has 0 spiro atoms. The number of carbonyl (C=O) groups excluding carboxylic acids is 1. The Bertz CT molecular complexity index is 559. The van der Waals surface area contributed by atoms with Crippen LogP contribution >= 0.6 is 23.1 Å². The standard InChI is InChI=1S/C11H10ClN3O2S/c1-2-17-11(16)9-10(18-15-14-9)13-8-5-3-4-7(12)6-8/h3-6,13H,2H2,1H3. The number of benzene rings is 1. The van der Waals surface area contributed by atoms with E-state index in [-0.39, 0.29) is 5.69 Å². The predicted molar refractivity (Wildman–Crippen MR) is 70.6 cm³/mol. The zero-order valence-corrected chi connectivity index (χ0v) is 11.1. The molecule has 0 radical (unpaired) electrons. The summed E-state index contributed by atoms with van der Waals surface area (Å²) in [5.41, 5.74) is 0.945. The number of nitrogens with one attached hydrogen (secondary N) is 1. The lowest BCUT2D eigenvalue weighted by Crippen LogP contribution is -2.07. The second kappa shape index (κ2) is 5.79. The van der Waals surface area contributed by atoms with E-state index < -0.39 is 5.97 Å². The van der Waals surface area contributed by atoms with Gasteiger partial charge in [0.05, 0.1) is 6.61 Å². The van der Waals surface area contributed by atoms with Gasteiger partial charge in [-0.25, -0.2) is 4.79 Å². The van der Waals surface area contributed by atoms with Crippen molar-refractivity contribution in [3.05, 3.63) is 35.0 Å². The van der Waals surface area contributed by atoms with E-state index in [1.807, 2.05) is 12.1 Å². The van der Waals surface area contributed by atoms with Gasteiger partial charge < -0.3 is 10.1 Å². The Labute approximate surface area is 113 Å². The predicted octanol–water partition coefficient (Wildman–Crippen LogP) is 3.11. The van der Waals surface area contributed by atoms with Gasteiger partial charge >= 0.3 is 5.97 Å². The van der Waals surface area contributed by atoms with Crippen molar-refractivity contribution in [2.45, 2.75) is 6.92 Å². The molecule has 18 heavy (non-hydrogen) atoms. The van der Waals surface area contributed by atoms with Crippen LogP contribution < -0.4 is 5.32 Å². The van der Waals surface area contributed by atoms with Gasteiger partial charge in [0, 0.05) is 22.2 Å². The van der Waals surface area contributed by atoms with E-state index in [0.717, 1.165) is 17.2 Å². The first kappa shape index (κ1) is 12.8. The zero-order valence-electron chi connectivity index (χ0n) is 9.51. The number of hydrogen-bond donors (Lipinski definition) is 1. The lowest BCUT2D eigenvalue weighted by molar-refractivity contribution is 0.0520. The maximum absolute atomic E-state index is 11.6. The molecule has 0 saturated carbocycles. The Kier molecular flexibility index (Phi) is 4.11. The summed E-state index contributed by atoms with van der Waals surface area (Å²) in [5, 5.41) is 7.94. The molecule has 0 atom stereocenters. The summed E-state index contributed by atoms with van der Waals surface area (Å²) in [6, 6.07) is 7.16. The number of ether oxygens (including phenoxy) is 1. The Morgan fingerprint density at radius 1 is 1.56 bits per heavy atom. The first-order valence-electron chi connectivity index (χ1n) is 5.22. The second-order valence-corrected chi connectivity index (χ2v) is 4.50. The molecule has 0 bridgehead atoms. The molecular weight excluding hydrogens is 274 g/mol. The van der Waals surface area contributed by atoms with Crippen LogP contribution in [0, 0.1) is 0 Å². The van der Waals surface area contributed by atoms with E-state index in [9.17, 15) is 4.79 Å². The molecule has 0 aliphatic rings. The molecular formula is C11H10ClN3O2S. The van der Waals surface area contributed by atoms with Crippen molar-refractivity contribution in [3.63, 3.8) is 0 Å². The van der Waals surface area contributed by atoms with E-state index in [1.165, 1.54) is 0 Å². The quantitative estimate of drug-likeness (QED) is 0.874. The molecule has 5 nitrogen and oxygen atoms in total. The number of anilines is 2. The molecule has 7 heteroatoms. The molecule has 1 aromatic carbocycles. The van der Waals surface area contributed by atoms with Crippen LogP contribution in [-0.4, -0.2) is 22.2 Å². The van der Waals surface area contributed by atoms with Crippen LogP contribution in [-0.2, 0) is 4.74 Å². The highest BCUT2D eigenvalue weighted by Gasteiger charge is 2.17. The summed E-state index contributed by atoms with van der Waals surface area (Å²) < 4.78 is 8.63. The topological polar surface area (TPSA) is 64.1 Å². The van der Waals surface area contributed by atoms with Gasteiger partial charge in [0.2, 0.25) is 5.69 Å². The summed E-state index contributed by atoms with van der Waals surface area (Å²) in [6.45, 7) is 2.04. The minimum absolute atomic E-state index is 0.182. The van der Waals surface area contributed by atoms with Crippen molar-refractivity contribution >= 4 is 39.8 Å². The molecule has 2 aromatic rings. The number of rotatable bonds is 4. The molecule has 2 rings (SSSR count). The molecule has 0 aliphatic heterocycles. The van der Waals surface area contributed by atoms with Gasteiger partial charge in [-0.05, 0) is 25.1 Å². The Morgan fingerprint density at radius 3 is 3.11 bits per heavy atom. The number of carbonyl (C=O) groups is 1. The minimum atomic E-state index is -0.490. The van der Waals surface area contributed by atoms with E-state index in [4.69, 9.17) is 16.3 Å². The third-order valence-electron chi connectivity index (χ3n) is 2.04. The van der Waals surface area contributed by atoms with Gasteiger partial charge in [0.1, 0.15) is 5.00 Å². The summed E-state index contributed by atoms with van der Waals surface area (Å²) in [4.78, 5) is 11.6. The van der Waals surface area contributed by atoms with Crippen LogP contribution in [0.1, 0.15) is 17.4 Å². The van der Waals surface area contributed by atoms with Gasteiger partial charge in [-0.3, -0.25) is 0 Å². The highest BCUT2D eigenvalue weighted by molar-refractivity contribution is 7.10. The fourth-order valence-corrected chi connectivity index (χ4v) is 2.07. The highest BCUT2D eigenvalue weighted by Crippen LogP contribution is 2.25. The molecule has 0 fully saturated rings.